The Morgan fingerprint density at radius 1 is 1.39 bits per heavy atom. The first-order chi connectivity index (χ1) is 10.7. The molecule has 0 unspecified atom stereocenters. The highest BCUT2D eigenvalue weighted by atomic mass is 32.2. The summed E-state index contributed by atoms with van der Waals surface area (Å²) in [7, 11) is -3.30. The van der Waals surface area contributed by atoms with Crippen molar-refractivity contribution < 1.29 is 18.1 Å². The molecule has 1 aliphatic rings. The molecule has 2 rings (SSSR count). The number of hydrogen-bond acceptors (Lipinski definition) is 5. The summed E-state index contributed by atoms with van der Waals surface area (Å²) >= 11 is 0. The zero-order chi connectivity index (χ0) is 17.0. The van der Waals surface area contributed by atoms with Crippen LogP contribution in [0.25, 0.3) is 0 Å². The fraction of sp³-hybridized carbons (Fsp3) is 0.500. The lowest BCUT2D eigenvalue weighted by molar-refractivity contribution is -0.384. The van der Waals surface area contributed by atoms with Crippen LogP contribution in [-0.2, 0) is 21.2 Å². The molecule has 1 heterocycles. The molecule has 1 fully saturated rings. The third kappa shape index (κ3) is 5.29. The zero-order valence-electron chi connectivity index (χ0n) is 12.8. The van der Waals surface area contributed by atoms with Crippen LogP contribution in [-0.4, -0.2) is 49.5 Å². The van der Waals surface area contributed by atoms with Crippen molar-refractivity contribution in [3.05, 3.63) is 39.9 Å². The smallest absolute Gasteiger partial charge is 0.269 e. The predicted molar refractivity (Wildman–Crippen MR) is 84.4 cm³/mol. The molecule has 1 aromatic carbocycles. The molecule has 0 aromatic heterocycles. The van der Waals surface area contributed by atoms with Gasteiger partial charge >= 0.3 is 0 Å². The van der Waals surface area contributed by atoms with Crippen LogP contribution >= 0.6 is 0 Å². The summed E-state index contributed by atoms with van der Waals surface area (Å²) in [5.41, 5.74) is 0.676. The number of nitrogens with one attached hydrogen (secondary N) is 1. The summed E-state index contributed by atoms with van der Waals surface area (Å²) in [6.07, 6.45) is 2.68. The van der Waals surface area contributed by atoms with E-state index in [2.05, 4.69) is 4.72 Å². The first-order valence-corrected chi connectivity index (χ1v) is 9.12. The molecule has 0 radical (unpaired) electrons. The lowest BCUT2D eigenvalue weighted by atomic mass is 10.0. The van der Waals surface area contributed by atoms with Crippen molar-refractivity contribution in [1.29, 1.82) is 0 Å². The van der Waals surface area contributed by atoms with Crippen molar-refractivity contribution in [2.75, 3.05) is 19.3 Å². The van der Waals surface area contributed by atoms with Crippen LogP contribution in [0.4, 0.5) is 5.69 Å². The van der Waals surface area contributed by atoms with E-state index < -0.39 is 14.9 Å². The number of rotatable bonds is 5. The lowest BCUT2D eigenvalue weighted by Crippen LogP contribution is -2.49. The molecular formula is C14H19N3O5S. The number of amides is 1. The predicted octanol–water partition coefficient (Wildman–Crippen LogP) is 0.678. The van der Waals surface area contributed by atoms with Crippen LogP contribution in [0.1, 0.15) is 18.4 Å². The zero-order valence-corrected chi connectivity index (χ0v) is 13.6. The average Bonchev–Trinajstić information content (AvgIpc) is 2.46. The first kappa shape index (κ1) is 17.4. The molecule has 23 heavy (non-hydrogen) atoms. The van der Waals surface area contributed by atoms with Crippen LogP contribution in [0.5, 0.6) is 0 Å². The van der Waals surface area contributed by atoms with Gasteiger partial charge in [-0.2, -0.15) is 0 Å². The number of likely N-dealkylation sites (tertiary alicyclic amines) is 1. The highest BCUT2D eigenvalue weighted by Gasteiger charge is 2.25. The third-order valence-corrected chi connectivity index (χ3v) is 4.42. The van der Waals surface area contributed by atoms with Crippen LogP contribution in [0.15, 0.2) is 24.3 Å². The van der Waals surface area contributed by atoms with Gasteiger partial charge in [-0.05, 0) is 18.4 Å². The Bertz CT molecular complexity index is 687. The minimum atomic E-state index is -3.30. The van der Waals surface area contributed by atoms with Gasteiger partial charge in [-0.15, -0.1) is 0 Å². The molecule has 9 heteroatoms. The second-order valence-corrected chi connectivity index (χ2v) is 7.45. The Hall–Kier alpha value is -2.00. The SMILES string of the molecule is CS(=O)(=O)N[C@@H]1CCCN(C(=O)Cc2ccc([N+](=O)[O-])cc2)C1. The van der Waals surface area contributed by atoms with Crippen molar-refractivity contribution in [2.24, 2.45) is 0 Å². The van der Waals surface area contributed by atoms with E-state index in [9.17, 15) is 23.3 Å². The van der Waals surface area contributed by atoms with Gasteiger partial charge in [-0.1, -0.05) is 12.1 Å². The molecule has 0 aliphatic carbocycles. The number of piperidine rings is 1. The maximum atomic E-state index is 12.3. The van der Waals surface area contributed by atoms with Crippen LogP contribution in [0, 0.1) is 10.1 Å². The second kappa shape index (κ2) is 7.05. The lowest BCUT2D eigenvalue weighted by Gasteiger charge is -2.32. The summed E-state index contributed by atoms with van der Waals surface area (Å²) in [6.45, 7) is 0.937. The summed E-state index contributed by atoms with van der Waals surface area (Å²) in [5.74, 6) is -0.112. The van der Waals surface area contributed by atoms with Crippen molar-refractivity contribution in [3.8, 4) is 0 Å². The molecule has 1 saturated heterocycles. The van der Waals surface area contributed by atoms with Crippen molar-refractivity contribution in [2.45, 2.75) is 25.3 Å². The summed E-state index contributed by atoms with van der Waals surface area (Å²) < 4.78 is 25.1. The van der Waals surface area contributed by atoms with E-state index in [4.69, 9.17) is 0 Å². The van der Waals surface area contributed by atoms with Gasteiger partial charge in [0.2, 0.25) is 15.9 Å². The maximum Gasteiger partial charge on any atom is 0.269 e. The standard InChI is InChI=1S/C14H19N3O5S/c1-23(21,22)15-12-3-2-8-16(10-12)14(18)9-11-4-6-13(7-5-11)17(19)20/h4-7,12,15H,2-3,8-10H2,1H3/t12-/m1/s1. The largest absolute Gasteiger partial charge is 0.341 e. The van der Waals surface area contributed by atoms with E-state index in [1.165, 1.54) is 12.1 Å². The van der Waals surface area contributed by atoms with Crippen molar-refractivity contribution in [1.82, 2.24) is 9.62 Å². The molecular weight excluding hydrogens is 322 g/mol. The van der Waals surface area contributed by atoms with E-state index in [1.807, 2.05) is 0 Å². The van der Waals surface area contributed by atoms with Gasteiger partial charge in [-0.3, -0.25) is 14.9 Å². The minimum Gasteiger partial charge on any atom is -0.341 e. The molecule has 0 saturated carbocycles. The van der Waals surface area contributed by atoms with Crippen LogP contribution in [0.3, 0.4) is 0 Å². The van der Waals surface area contributed by atoms with Gasteiger partial charge < -0.3 is 4.90 Å². The number of sulfonamides is 1. The quantitative estimate of drug-likeness (QED) is 0.625. The Labute approximate surface area is 134 Å². The maximum absolute atomic E-state index is 12.3. The summed E-state index contributed by atoms with van der Waals surface area (Å²) in [5, 5.41) is 10.6. The number of non-ortho nitro benzene ring substituents is 1. The summed E-state index contributed by atoms with van der Waals surface area (Å²) in [4.78, 5) is 24.1. The molecule has 8 nitrogen and oxygen atoms in total. The first-order valence-electron chi connectivity index (χ1n) is 7.23. The van der Waals surface area contributed by atoms with Gasteiger partial charge in [0.25, 0.3) is 5.69 Å². The second-order valence-electron chi connectivity index (χ2n) is 5.67. The highest BCUT2D eigenvalue weighted by molar-refractivity contribution is 7.88. The Kier molecular flexibility index (Phi) is 5.32. The molecule has 0 spiro atoms. The number of carbonyl (C=O) groups excluding carboxylic acids is 1. The van der Waals surface area contributed by atoms with E-state index >= 15 is 0 Å². The van der Waals surface area contributed by atoms with Gasteiger partial charge in [0.1, 0.15) is 0 Å². The molecule has 1 atom stereocenters. The molecule has 1 aromatic rings. The van der Waals surface area contributed by atoms with Crippen molar-refractivity contribution >= 4 is 21.6 Å². The Morgan fingerprint density at radius 3 is 2.61 bits per heavy atom. The fourth-order valence-corrected chi connectivity index (χ4v) is 3.42. The van der Waals surface area contributed by atoms with Gasteiger partial charge in [-0.25, -0.2) is 13.1 Å². The molecule has 1 amide bonds. The normalized spacial score (nSPS) is 18.7. The number of nitro benzene ring substituents is 1. The number of nitrogens with zero attached hydrogens (tertiary/aromatic N) is 2. The van der Waals surface area contributed by atoms with E-state index in [0.717, 1.165) is 12.7 Å². The topological polar surface area (TPSA) is 110 Å². The number of nitro groups is 1. The molecule has 1 aliphatic heterocycles. The van der Waals surface area contributed by atoms with Crippen LogP contribution < -0.4 is 4.72 Å². The van der Waals surface area contributed by atoms with Gasteiger partial charge in [0, 0.05) is 31.3 Å². The fourth-order valence-electron chi connectivity index (χ4n) is 2.62. The van der Waals surface area contributed by atoms with E-state index in [1.54, 1.807) is 17.0 Å². The minimum absolute atomic E-state index is 0.0170. The molecule has 0 bridgehead atoms. The third-order valence-electron chi connectivity index (χ3n) is 3.66. The van der Waals surface area contributed by atoms with E-state index in [-0.39, 0.29) is 24.1 Å². The Morgan fingerprint density at radius 2 is 2.04 bits per heavy atom. The van der Waals surface area contributed by atoms with Gasteiger partial charge in [0.05, 0.1) is 17.6 Å². The number of carbonyl (C=O) groups is 1. The monoisotopic (exact) mass is 341 g/mol. The number of hydrogen-bond donors (Lipinski definition) is 1. The average molecular weight is 341 g/mol. The summed E-state index contributed by atoms with van der Waals surface area (Å²) in [6, 6.07) is 5.59. The van der Waals surface area contributed by atoms with E-state index in [0.29, 0.717) is 25.1 Å². The van der Waals surface area contributed by atoms with Crippen LogP contribution in [0.2, 0.25) is 0 Å². The highest BCUT2D eigenvalue weighted by Crippen LogP contribution is 2.15. The molecule has 1 N–H and O–H groups in total. The van der Waals surface area contributed by atoms with Gasteiger partial charge in [0.15, 0.2) is 0 Å². The Balaban J connectivity index is 1.95. The van der Waals surface area contributed by atoms with Crippen molar-refractivity contribution in [3.63, 3.8) is 0 Å². The molecule has 126 valence electrons. The number of benzene rings is 1.